The lowest BCUT2D eigenvalue weighted by atomic mass is 9.97. The van der Waals surface area contributed by atoms with Crippen molar-refractivity contribution in [2.75, 3.05) is 19.6 Å². The molecule has 7 heteroatoms. The standard InChI is InChI=1S/C17H26N2O4S/c1-4-18-17(20)14-9-11-19(12-10-14)24(21,22)16-7-5-15(6-8-16)23-13(2)3/h5-8,13-14H,4,9-12H2,1-3H3,(H,18,20). The zero-order chi connectivity index (χ0) is 17.7. The third kappa shape index (κ3) is 4.48. The first-order valence-corrected chi connectivity index (χ1v) is 9.83. The molecule has 1 aliphatic rings. The molecular weight excluding hydrogens is 328 g/mol. The maximum atomic E-state index is 12.7. The molecule has 0 bridgehead atoms. The van der Waals surface area contributed by atoms with E-state index in [1.807, 2.05) is 20.8 Å². The fourth-order valence-electron chi connectivity index (χ4n) is 2.79. The molecule has 1 N–H and O–H groups in total. The van der Waals surface area contributed by atoms with Gasteiger partial charge < -0.3 is 10.1 Å². The number of hydrogen-bond acceptors (Lipinski definition) is 4. The summed E-state index contributed by atoms with van der Waals surface area (Å²) in [5.41, 5.74) is 0. The molecule has 2 rings (SSSR count). The van der Waals surface area contributed by atoms with Gasteiger partial charge in [0.15, 0.2) is 0 Å². The SMILES string of the molecule is CCNC(=O)C1CCN(S(=O)(=O)c2ccc(OC(C)C)cc2)CC1. The van der Waals surface area contributed by atoms with Crippen molar-refractivity contribution in [2.45, 2.75) is 44.6 Å². The zero-order valence-corrected chi connectivity index (χ0v) is 15.3. The van der Waals surface area contributed by atoms with Gasteiger partial charge in [-0.2, -0.15) is 4.31 Å². The highest BCUT2D eigenvalue weighted by atomic mass is 32.2. The molecule has 0 spiro atoms. The summed E-state index contributed by atoms with van der Waals surface area (Å²) in [7, 11) is -3.52. The summed E-state index contributed by atoms with van der Waals surface area (Å²) >= 11 is 0. The van der Waals surface area contributed by atoms with Crippen LogP contribution in [0.2, 0.25) is 0 Å². The third-order valence-electron chi connectivity index (χ3n) is 4.01. The van der Waals surface area contributed by atoms with Crippen LogP contribution in [0.3, 0.4) is 0 Å². The van der Waals surface area contributed by atoms with E-state index in [1.54, 1.807) is 24.3 Å². The third-order valence-corrected chi connectivity index (χ3v) is 5.92. The predicted molar refractivity (Wildman–Crippen MR) is 92.4 cm³/mol. The summed E-state index contributed by atoms with van der Waals surface area (Å²) in [6.45, 7) is 7.06. The maximum Gasteiger partial charge on any atom is 0.243 e. The second-order valence-corrected chi connectivity index (χ2v) is 8.15. The van der Waals surface area contributed by atoms with Gasteiger partial charge in [-0.25, -0.2) is 8.42 Å². The molecule has 0 atom stereocenters. The Morgan fingerprint density at radius 3 is 2.33 bits per heavy atom. The molecule has 1 fully saturated rings. The summed E-state index contributed by atoms with van der Waals surface area (Å²) in [4.78, 5) is 12.1. The molecule has 1 aromatic rings. The van der Waals surface area contributed by atoms with Gasteiger partial charge in [-0.05, 0) is 57.9 Å². The van der Waals surface area contributed by atoms with E-state index in [2.05, 4.69) is 5.32 Å². The Bertz CT molecular complexity index is 648. The lowest BCUT2D eigenvalue weighted by molar-refractivity contribution is -0.126. The van der Waals surface area contributed by atoms with Crippen molar-refractivity contribution in [3.63, 3.8) is 0 Å². The number of carbonyl (C=O) groups excluding carboxylic acids is 1. The van der Waals surface area contributed by atoms with Crippen LogP contribution < -0.4 is 10.1 Å². The first-order chi connectivity index (χ1) is 11.3. The fraction of sp³-hybridized carbons (Fsp3) is 0.588. The lowest BCUT2D eigenvalue weighted by Crippen LogP contribution is -2.42. The Morgan fingerprint density at radius 2 is 1.83 bits per heavy atom. The van der Waals surface area contributed by atoms with Crippen LogP contribution in [-0.4, -0.2) is 44.4 Å². The Hall–Kier alpha value is -1.60. The largest absolute Gasteiger partial charge is 0.491 e. The summed E-state index contributed by atoms with van der Waals surface area (Å²) in [5, 5.41) is 2.80. The van der Waals surface area contributed by atoms with Gasteiger partial charge in [-0.1, -0.05) is 0 Å². The number of amides is 1. The zero-order valence-electron chi connectivity index (χ0n) is 14.5. The highest BCUT2D eigenvalue weighted by Gasteiger charge is 2.31. The number of sulfonamides is 1. The first-order valence-electron chi connectivity index (χ1n) is 8.39. The smallest absolute Gasteiger partial charge is 0.243 e. The quantitative estimate of drug-likeness (QED) is 0.848. The molecule has 0 aromatic heterocycles. The van der Waals surface area contributed by atoms with Gasteiger partial charge in [0, 0.05) is 25.6 Å². The molecule has 6 nitrogen and oxygen atoms in total. The van der Waals surface area contributed by atoms with Crippen LogP contribution in [0.1, 0.15) is 33.6 Å². The lowest BCUT2D eigenvalue weighted by Gasteiger charge is -2.30. The van der Waals surface area contributed by atoms with Crippen molar-refractivity contribution >= 4 is 15.9 Å². The van der Waals surface area contributed by atoms with Crippen molar-refractivity contribution in [2.24, 2.45) is 5.92 Å². The average molecular weight is 354 g/mol. The van der Waals surface area contributed by atoms with Gasteiger partial charge >= 0.3 is 0 Å². The molecule has 0 unspecified atom stereocenters. The van der Waals surface area contributed by atoms with Crippen LogP contribution in [-0.2, 0) is 14.8 Å². The second kappa shape index (κ2) is 7.98. The van der Waals surface area contributed by atoms with Gasteiger partial charge in [0.1, 0.15) is 5.75 Å². The van der Waals surface area contributed by atoms with Crippen LogP contribution in [0.25, 0.3) is 0 Å². The molecule has 1 amide bonds. The van der Waals surface area contributed by atoms with Crippen molar-refractivity contribution in [1.29, 1.82) is 0 Å². The number of hydrogen-bond donors (Lipinski definition) is 1. The van der Waals surface area contributed by atoms with E-state index in [9.17, 15) is 13.2 Å². The van der Waals surface area contributed by atoms with Crippen LogP contribution >= 0.6 is 0 Å². The Morgan fingerprint density at radius 1 is 1.25 bits per heavy atom. The molecule has 1 aliphatic heterocycles. The van der Waals surface area contributed by atoms with E-state index >= 15 is 0 Å². The minimum absolute atomic E-state index is 0.0183. The van der Waals surface area contributed by atoms with Gasteiger partial charge in [0.2, 0.25) is 15.9 Å². The minimum Gasteiger partial charge on any atom is -0.491 e. The Kier molecular flexibility index (Phi) is 6.23. The summed E-state index contributed by atoms with van der Waals surface area (Å²) < 4.78 is 32.4. The van der Waals surface area contributed by atoms with Gasteiger partial charge in [0.05, 0.1) is 11.0 Å². The fourth-order valence-corrected chi connectivity index (χ4v) is 4.26. The van der Waals surface area contributed by atoms with Gasteiger partial charge in [0.25, 0.3) is 0 Å². The summed E-state index contributed by atoms with van der Waals surface area (Å²) in [6, 6.07) is 6.49. The number of benzene rings is 1. The Labute approximate surface area is 144 Å². The van der Waals surface area contributed by atoms with E-state index < -0.39 is 10.0 Å². The summed E-state index contributed by atoms with van der Waals surface area (Å²) in [5.74, 6) is 0.571. The number of piperidine rings is 1. The van der Waals surface area contributed by atoms with Gasteiger partial charge in [-0.15, -0.1) is 0 Å². The van der Waals surface area contributed by atoms with Crippen LogP contribution in [0.4, 0.5) is 0 Å². The normalized spacial score (nSPS) is 17.0. The maximum absolute atomic E-state index is 12.7. The minimum atomic E-state index is -3.52. The van der Waals surface area contributed by atoms with E-state index in [-0.39, 0.29) is 22.8 Å². The number of ether oxygens (including phenoxy) is 1. The Balaban J connectivity index is 2.02. The monoisotopic (exact) mass is 354 g/mol. The molecule has 0 saturated carbocycles. The van der Waals surface area contributed by atoms with Crippen molar-refractivity contribution < 1.29 is 17.9 Å². The highest BCUT2D eigenvalue weighted by molar-refractivity contribution is 7.89. The summed E-state index contributed by atoms with van der Waals surface area (Å²) in [6.07, 6.45) is 1.15. The molecule has 0 aliphatic carbocycles. The number of nitrogens with one attached hydrogen (secondary N) is 1. The topological polar surface area (TPSA) is 75.7 Å². The number of carbonyl (C=O) groups is 1. The number of rotatable bonds is 6. The molecule has 1 heterocycles. The van der Waals surface area contributed by atoms with Gasteiger partial charge in [-0.3, -0.25) is 4.79 Å². The predicted octanol–water partition coefficient (Wildman–Crippen LogP) is 2.01. The van der Waals surface area contributed by atoms with E-state index in [1.165, 1.54) is 4.31 Å². The molecular formula is C17H26N2O4S. The van der Waals surface area contributed by atoms with Crippen molar-refractivity contribution in [3.8, 4) is 5.75 Å². The second-order valence-electron chi connectivity index (χ2n) is 6.21. The first kappa shape index (κ1) is 18.7. The molecule has 1 saturated heterocycles. The van der Waals surface area contributed by atoms with E-state index in [0.29, 0.717) is 38.2 Å². The van der Waals surface area contributed by atoms with Crippen molar-refractivity contribution in [3.05, 3.63) is 24.3 Å². The van der Waals surface area contributed by atoms with Crippen LogP contribution in [0.5, 0.6) is 5.75 Å². The molecule has 0 radical (unpaired) electrons. The van der Waals surface area contributed by atoms with E-state index in [4.69, 9.17) is 4.74 Å². The highest BCUT2D eigenvalue weighted by Crippen LogP contribution is 2.25. The van der Waals surface area contributed by atoms with E-state index in [0.717, 1.165) is 0 Å². The molecule has 134 valence electrons. The van der Waals surface area contributed by atoms with Crippen LogP contribution in [0, 0.1) is 5.92 Å². The van der Waals surface area contributed by atoms with Crippen LogP contribution in [0.15, 0.2) is 29.2 Å². The molecule has 24 heavy (non-hydrogen) atoms. The number of nitrogens with zero attached hydrogens (tertiary/aromatic N) is 1. The van der Waals surface area contributed by atoms with Crippen molar-refractivity contribution in [1.82, 2.24) is 9.62 Å². The average Bonchev–Trinajstić information content (AvgIpc) is 2.55. The molecule has 1 aromatic carbocycles.